The molecule has 0 spiro atoms. The van der Waals surface area contributed by atoms with Gasteiger partial charge in [0.2, 0.25) is 0 Å². The lowest BCUT2D eigenvalue weighted by molar-refractivity contribution is 0.102. The number of rotatable bonds is 4. The molecule has 0 amide bonds. The smallest absolute Gasteiger partial charge is 0.173 e. The van der Waals surface area contributed by atoms with Crippen LogP contribution in [0.1, 0.15) is 10.4 Å². The molecule has 2 aromatic rings. The highest BCUT2D eigenvalue weighted by atomic mass is 79.9. The molecule has 2 rings (SSSR count). The van der Waals surface area contributed by atoms with E-state index in [2.05, 4.69) is 20.9 Å². The monoisotopic (exact) mass is 325 g/mol. The van der Waals surface area contributed by atoms with E-state index in [1.165, 1.54) is 36.0 Å². The fourth-order valence-corrected chi connectivity index (χ4v) is 2.28. The Morgan fingerprint density at radius 3 is 2.56 bits per heavy atom. The number of ketones is 1. The van der Waals surface area contributed by atoms with Crippen molar-refractivity contribution in [3.05, 3.63) is 58.4 Å². The summed E-state index contributed by atoms with van der Waals surface area (Å²) in [7, 11) is 0. The van der Waals surface area contributed by atoms with Crippen molar-refractivity contribution in [2.75, 3.05) is 5.75 Å². The number of benzene rings is 1. The molecule has 18 heavy (non-hydrogen) atoms. The maximum atomic E-state index is 12.7. The Balaban J connectivity index is 1.96. The molecule has 0 aliphatic heterocycles. The molecule has 1 aromatic carbocycles. The number of pyridine rings is 1. The molecule has 2 nitrogen and oxygen atoms in total. The average molecular weight is 326 g/mol. The highest BCUT2D eigenvalue weighted by Gasteiger charge is 2.07. The van der Waals surface area contributed by atoms with E-state index in [0.717, 1.165) is 9.50 Å². The quantitative estimate of drug-likeness (QED) is 0.629. The van der Waals surface area contributed by atoms with Gasteiger partial charge in [0.1, 0.15) is 5.82 Å². The van der Waals surface area contributed by atoms with Crippen LogP contribution in [0.2, 0.25) is 0 Å². The van der Waals surface area contributed by atoms with E-state index in [4.69, 9.17) is 0 Å². The fourth-order valence-electron chi connectivity index (χ4n) is 1.31. The minimum atomic E-state index is -0.339. The summed E-state index contributed by atoms with van der Waals surface area (Å²) >= 11 is 4.66. The van der Waals surface area contributed by atoms with Crippen LogP contribution in [-0.4, -0.2) is 16.5 Å². The lowest BCUT2D eigenvalue weighted by Gasteiger charge is -2.01. The van der Waals surface area contributed by atoms with Gasteiger partial charge in [-0.05, 0) is 52.3 Å². The summed E-state index contributed by atoms with van der Waals surface area (Å²) in [5.74, 6) is -0.0845. The van der Waals surface area contributed by atoms with E-state index < -0.39 is 0 Å². The Hall–Kier alpha value is -1.20. The lowest BCUT2D eigenvalue weighted by Crippen LogP contribution is -2.02. The van der Waals surface area contributed by atoms with E-state index >= 15 is 0 Å². The Labute approximate surface area is 117 Å². The van der Waals surface area contributed by atoms with E-state index in [1.54, 1.807) is 6.20 Å². The van der Waals surface area contributed by atoms with Crippen LogP contribution in [0.5, 0.6) is 0 Å². The first-order chi connectivity index (χ1) is 8.65. The van der Waals surface area contributed by atoms with Crippen LogP contribution in [0.25, 0.3) is 0 Å². The van der Waals surface area contributed by atoms with Crippen molar-refractivity contribution in [1.29, 1.82) is 0 Å². The molecule has 0 aliphatic carbocycles. The van der Waals surface area contributed by atoms with Gasteiger partial charge in [-0.3, -0.25) is 4.79 Å². The molecular weight excluding hydrogens is 317 g/mol. The van der Waals surface area contributed by atoms with Gasteiger partial charge in [-0.25, -0.2) is 9.37 Å². The van der Waals surface area contributed by atoms with Crippen LogP contribution in [-0.2, 0) is 0 Å². The summed E-state index contributed by atoms with van der Waals surface area (Å²) in [5.41, 5.74) is 0.515. The van der Waals surface area contributed by atoms with Crippen molar-refractivity contribution in [3.8, 4) is 0 Å². The topological polar surface area (TPSA) is 30.0 Å². The van der Waals surface area contributed by atoms with Crippen molar-refractivity contribution in [1.82, 2.24) is 4.98 Å². The Kier molecular flexibility index (Phi) is 4.49. The first kappa shape index (κ1) is 13.2. The molecular formula is C13H9BrFNOS. The van der Waals surface area contributed by atoms with Crippen molar-refractivity contribution < 1.29 is 9.18 Å². The minimum Gasteiger partial charge on any atom is -0.293 e. The predicted molar refractivity (Wildman–Crippen MR) is 73.4 cm³/mol. The summed E-state index contributed by atoms with van der Waals surface area (Å²) in [6.45, 7) is 0. The molecule has 0 unspecified atom stereocenters. The third-order valence-corrected chi connectivity index (χ3v) is 3.63. The number of carbonyl (C=O) groups excluding carboxylic acids is 1. The highest BCUT2D eigenvalue weighted by molar-refractivity contribution is 9.10. The van der Waals surface area contributed by atoms with Crippen LogP contribution >= 0.6 is 27.7 Å². The van der Waals surface area contributed by atoms with Gasteiger partial charge in [0, 0.05) is 16.2 Å². The summed E-state index contributed by atoms with van der Waals surface area (Å²) in [5, 5.41) is 0.786. The molecule has 0 radical (unpaired) electrons. The zero-order valence-electron chi connectivity index (χ0n) is 9.27. The van der Waals surface area contributed by atoms with Crippen molar-refractivity contribution >= 4 is 33.5 Å². The van der Waals surface area contributed by atoms with Crippen molar-refractivity contribution in [2.24, 2.45) is 0 Å². The van der Waals surface area contributed by atoms with Crippen molar-refractivity contribution in [2.45, 2.75) is 5.03 Å². The van der Waals surface area contributed by atoms with Crippen LogP contribution in [0.3, 0.4) is 0 Å². The van der Waals surface area contributed by atoms with Gasteiger partial charge in [0.15, 0.2) is 5.78 Å². The molecule has 1 aromatic heterocycles. The molecule has 0 saturated carbocycles. The van der Waals surface area contributed by atoms with Gasteiger partial charge in [0.25, 0.3) is 0 Å². The average Bonchev–Trinajstić information content (AvgIpc) is 2.38. The number of hydrogen-bond donors (Lipinski definition) is 0. The number of halogens is 2. The number of thioether (sulfide) groups is 1. The molecule has 0 saturated heterocycles. The standard InChI is InChI=1S/C13H9BrFNOS/c14-10-3-6-13(16-7-10)18-8-12(17)9-1-4-11(15)5-2-9/h1-7H,8H2. The second-order valence-corrected chi connectivity index (χ2v) is 5.44. The zero-order valence-corrected chi connectivity index (χ0v) is 11.7. The molecule has 0 fully saturated rings. The Bertz CT molecular complexity index is 542. The van der Waals surface area contributed by atoms with Crippen LogP contribution in [0, 0.1) is 5.82 Å². The first-order valence-corrected chi connectivity index (χ1v) is 6.96. The largest absolute Gasteiger partial charge is 0.293 e. The number of hydrogen-bond acceptors (Lipinski definition) is 3. The summed E-state index contributed by atoms with van der Waals surface area (Å²) in [6, 6.07) is 9.27. The number of nitrogens with zero attached hydrogens (tertiary/aromatic N) is 1. The molecule has 0 N–H and O–H groups in total. The van der Waals surface area contributed by atoms with Gasteiger partial charge in [-0.15, -0.1) is 0 Å². The summed E-state index contributed by atoms with van der Waals surface area (Å²) in [6.07, 6.45) is 1.69. The molecule has 5 heteroatoms. The van der Waals surface area contributed by atoms with Crippen LogP contribution in [0.4, 0.5) is 4.39 Å². The third kappa shape index (κ3) is 3.65. The fraction of sp³-hybridized carbons (Fsp3) is 0.0769. The van der Waals surface area contributed by atoms with Crippen molar-refractivity contribution in [3.63, 3.8) is 0 Å². The maximum Gasteiger partial charge on any atom is 0.173 e. The third-order valence-electron chi connectivity index (χ3n) is 2.22. The van der Waals surface area contributed by atoms with Crippen LogP contribution in [0.15, 0.2) is 52.1 Å². The molecule has 0 bridgehead atoms. The lowest BCUT2D eigenvalue weighted by atomic mass is 10.1. The van der Waals surface area contributed by atoms with E-state index in [1.807, 2.05) is 12.1 Å². The van der Waals surface area contributed by atoms with Gasteiger partial charge in [-0.2, -0.15) is 0 Å². The highest BCUT2D eigenvalue weighted by Crippen LogP contribution is 2.18. The second kappa shape index (κ2) is 6.11. The number of carbonyl (C=O) groups is 1. The SMILES string of the molecule is O=C(CSc1ccc(Br)cn1)c1ccc(F)cc1. The summed E-state index contributed by atoms with van der Waals surface area (Å²) < 4.78 is 13.6. The van der Waals surface area contributed by atoms with Gasteiger partial charge in [-0.1, -0.05) is 11.8 Å². The normalized spacial score (nSPS) is 10.3. The van der Waals surface area contributed by atoms with E-state index in [-0.39, 0.29) is 11.6 Å². The minimum absolute atomic E-state index is 0.0373. The maximum absolute atomic E-state index is 12.7. The van der Waals surface area contributed by atoms with Gasteiger partial charge in [0.05, 0.1) is 10.8 Å². The first-order valence-electron chi connectivity index (χ1n) is 5.18. The predicted octanol–water partition coefficient (Wildman–Crippen LogP) is 3.96. The summed E-state index contributed by atoms with van der Waals surface area (Å²) in [4.78, 5) is 16.0. The van der Waals surface area contributed by atoms with E-state index in [9.17, 15) is 9.18 Å². The van der Waals surface area contributed by atoms with Gasteiger partial charge >= 0.3 is 0 Å². The molecule has 1 heterocycles. The Morgan fingerprint density at radius 1 is 1.22 bits per heavy atom. The molecule has 0 aliphatic rings. The molecule has 0 atom stereocenters. The van der Waals surface area contributed by atoms with Gasteiger partial charge < -0.3 is 0 Å². The second-order valence-electron chi connectivity index (χ2n) is 3.53. The Morgan fingerprint density at radius 2 is 1.94 bits per heavy atom. The zero-order chi connectivity index (χ0) is 13.0. The van der Waals surface area contributed by atoms with Crippen LogP contribution < -0.4 is 0 Å². The van der Waals surface area contributed by atoms with E-state index in [0.29, 0.717) is 11.3 Å². The number of Topliss-reactive ketones (excluding diaryl/α,β-unsaturated/α-hetero) is 1. The number of aromatic nitrogens is 1. The molecule has 92 valence electrons.